The zero-order valence-electron chi connectivity index (χ0n) is 11.1. The van der Waals surface area contributed by atoms with Gasteiger partial charge in [-0.3, -0.25) is 4.98 Å². The largest absolute Gasteiger partial charge is 0.265 e. The second-order valence-corrected chi connectivity index (χ2v) is 6.68. The maximum atomic E-state index is 12.5. The molecule has 2 rings (SSSR count). The number of hydrogen-bond donors (Lipinski definition) is 0. The Labute approximate surface area is 123 Å². The van der Waals surface area contributed by atoms with Crippen molar-refractivity contribution in [3.8, 4) is 0 Å². The van der Waals surface area contributed by atoms with Crippen LogP contribution in [0.4, 0.5) is 0 Å². The predicted molar refractivity (Wildman–Crippen MR) is 76.8 cm³/mol. The van der Waals surface area contributed by atoms with Crippen LogP contribution in [0.2, 0.25) is 5.15 Å². The summed E-state index contributed by atoms with van der Waals surface area (Å²) >= 11 is 5.67. The van der Waals surface area contributed by atoms with E-state index in [0.717, 1.165) is 5.56 Å². The lowest BCUT2D eigenvalue weighted by Crippen LogP contribution is -2.29. The lowest BCUT2D eigenvalue weighted by molar-refractivity contribution is 0.398. The normalized spacial score (nSPS) is 13.4. The fourth-order valence-electron chi connectivity index (χ4n) is 1.74. The van der Waals surface area contributed by atoms with Crippen molar-refractivity contribution >= 4 is 21.6 Å². The van der Waals surface area contributed by atoms with Crippen LogP contribution in [0, 0.1) is 0 Å². The first-order chi connectivity index (χ1) is 9.43. The molecule has 0 amide bonds. The first kappa shape index (κ1) is 14.9. The summed E-state index contributed by atoms with van der Waals surface area (Å²) in [6.45, 7) is 1.82. The standard InChI is InChI=1S/C13H14ClN3O2S/c1-10(11-5-7-15-8-6-11)17(2)20(18,19)12-3-4-13(14)16-9-12/h3-10H,1-2H3. The van der Waals surface area contributed by atoms with Gasteiger partial charge in [0.05, 0.1) is 0 Å². The van der Waals surface area contributed by atoms with Gasteiger partial charge in [0.2, 0.25) is 10.0 Å². The van der Waals surface area contributed by atoms with E-state index < -0.39 is 10.0 Å². The molecule has 1 atom stereocenters. The molecule has 1 unspecified atom stereocenters. The van der Waals surface area contributed by atoms with E-state index in [1.807, 2.05) is 6.92 Å². The molecule has 0 fully saturated rings. The molecule has 0 bridgehead atoms. The van der Waals surface area contributed by atoms with Crippen molar-refractivity contribution in [2.24, 2.45) is 0 Å². The lowest BCUT2D eigenvalue weighted by Gasteiger charge is -2.24. The van der Waals surface area contributed by atoms with Crippen LogP contribution in [0.25, 0.3) is 0 Å². The van der Waals surface area contributed by atoms with Gasteiger partial charge in [0.1, 0.15) is 10.0 Å². The first-order valence-corrected chi connectivity index (χ1v) is 7.74. The quantitative estimate of drug-likeness (QED) is 0.814. The number of nitrogens with zero attached hydrogens (tertiary/aromatic N) is 3. The van der Waals surface area contributed by atoms with Crippen molar-refractivity contribution in [3.63, 3.8) is 0 Å². The van der Waals surface area contributed by atoms with E-state index >= 15 is 0 Å². The van der Waals surface area contributed by atoms with Crippen LogP contribution in [0.5, 0.6) is 0 Å². The molecule has 0 N–H and O–H groups in total. The number of pyridine rings is 2. The molecule has 7 heteroatoms. The van der Waals surface area contributed by atoms with Crippen molar-refractivity contribution in [3.05, 3.63) is 53.6 Å². The number of sulfonamides is 1. The van der Waals surface area contributed by atoms with Crippen LogP contribution in [0.1, 0.15) is 18.5 Å². The Morgan fingerprint density at radius 3 is 2.40 bits per heavy atom. The average molecular weight is 312 g/mol. The summed E-state index contributed by atoms with van der Waals surface area (Å²) in [6.07, 6.45) is 4.53. The highest BCUT2D eigenvalue weighted by molar-refractivity contribution is 7.89. The molecule has 0 aliphatic carbocycles. The van der Waals surface area contributed by atoms with Crippen LogP contribution in [0.3, 0.4) is 0 Å². The van der Waals surface area contributed by atoms with Crippen molar-refractivity contribution < 1.29 is 8.42 Å². The molecule has 0 saturated carbocycles. The molecule has 0 radical (unpaired) electrons. The third kappa shape index (κ3) is 2.98. The molecule has 0 saturated heterocycles. The summed E-state index contributed by atoms with van der Waals surface area (Å²) < 4.78 is 26.3. The van der Waals surface area contributed by atoms with Gasteiger partial charge < -0.3 is 0 Å². The third-order valence-electron chi connectivity index (χ3n) is 3.11. The Morgan fingerprint density at radius 2 is 1.85 bits per heavy atom. The SMILES string of the molecule is CC(c1ccncc1)N(C)S(=O)(=O)c1ccc(Cl)nc1. The van der Waals surface area contributed by atoms with Gasteiger partial charge in [0.15, 0.2) is 0 Å². The van der Waals surface area contributed by atoms with E-state index in [1.165, 1.54) is 29.7 Å². The number of halogens is 1. The summed E-state index contributed by atoms with van der Waals surface area (Å²) in [4.78, 5) is 7.85. The molecule has 2 heterocycles. The average Bonchev–Trinajstić information content (AvgIpc) is 2.47. The zero-order chi connectivity index (χ0) is 14.8. The fraction of sp³-hybridized carbons (Fsp3) is 0.231. The Morgan fingerprint density at radius 1 is 1.20 bits per heavy atom. The molecule has 20 heavy (non-hydrogen) atoms. The highest BCUT2D eigenvalue weighted by Crippen LogP contribution is 2.25. The highest BCUT2D eigenvalue weighted by Gasteiger charge is 2.26. The Hall–Kier alpha value is -1.50. The van der Waals surface area contributed by atoms with Gasteiger partial charge >= 0.3 is 0 Å². The summed E-state index contributed by atoms with van der Waals surface area (Å²) in [5.41, 5.74) is 0.869. The van der Waals surface area contributed by atoms with Crippen molar-refractivity contribution in [1.29, 1.82) is 0 Å². The predicted octanol–water partition coefficient (Wildman–Crippen LogP) is 2.51. The third-order valence-corrected chi connectivity index (χ3v) is 5.25. The summed E-state index contributed by atoms with van der Waals surface area (Å²) in [6, 6.07) is 6.17. The summed E-state index contributed by atoms with van der Waals surface area (Å²) in [5, 5.41) is 0.258. The van der Waals surface area contributed by atoms with E-state index in [9.17, 15) is 8.42 Å². The molecule has 2 aromatic rings. The van der Waals surface area contributed by atoms with Gasteiger partial charge in [0, 0.05) is 31.7 Å². The fourth-order valence-corrected chi connectivity index (χ4v) is 3.15. The molecular weight excluding hydrogens is 298 g/mol. The first-order valence-electron chi connectivity index (χ1n) is 5.92. The highest BCUT2D eigenvalue weighted by atomic mass is 35.5. The summed E-state index contributed by atoms with van der Waals surface area (Å²) in [5.74, 6) is 0. The monoisotopic (exact) mass is 311 g/mol. The maximum Gasteiger partial charge on any atom is 0.244 e. The number of hydrogen-bond acceptors (Lipinski definition) is 4. The smallest absolute Gasteiger partial charge is 0.244 e. The second-order valence-electron chi connectivity index (χ2n) is 4.29. The zero-order valence-corrected chi connectivity index (χ0v) is 12.6. The van der Waals surface area contributed by atoms with Crippen LogP contribution >= 0.6 is 11.6 Å². The van der Waals surface area contributed by atoms with E-state index in [-0.39, 0.29) is 16.1 Å². The molecule has 0 aliphatic rings. The van der Waals surface area contributed by atoms with Crippen molar-refractivity contribution in [1.82, 2.24) is 14.3 Å². The molecule has 106 valence electrons. The molecule has 5 nitrogen and oxygen atoms in total. The van der Waals surface area contributed by atoms with Crippen LogP contribution in [-0.4, -0.2) is 29.7 Å². The van der Waals surface area contributed by atoms with Gasteiger partial charge in [-0.25, -0.2) is 13.4 Å². The molecule has 0 aliphatic heterocycles. The van der Waals surface area contributed by atoms with Gasteiger partial charge in [-0.1, -0.05) is 11.6 Å². The maximum absolute atomic E-state index is 12.5. The minimum atomic E-state index is -3.61. The molecule has 2 aromatic heterocycles. The van der Waals surface area contributed by atoms with Crippen LogP contribution in [0.15, 0.2) is 47.8 Å². The van der Waals surface area contributed by atoms with Crippen molar-refractivity contribution in [2.45, 2.75) is 17.9 Å². The van der Waals surface area contributed by atoms with Gasteiger partial charge in [-0.05, 0) is 36.8 Å². The van der Waals surface area contributed by atoms with Gasteiger partial charge in [-0.2, -0.15) is 4.31 Å². The number of aromatic nitrogens is 2. The minimum absolute atomic E-state index is 0.116. The van der Waals surface area contributed by atoms with E-state index in [2.05, 4.69) is 9.97 Å². The number of rotatable bonds is 4. The Kier molecular flexibility index (Phi) is 4.37. The van der Waals surface area contributed by atoms with E-state index in [1.54, 1.807) is 24.5 Å². The van der Waals surface area contributed by atoms with Gasteiger partial charge in [-0.15, -0.1) is 0 Å². The van der Waals surface area contributed by atoms with E-state index in [0.29, 0.717) is 0 Å². The topological polar surface area (TPSA) is 63.2 Å². The molecule has 0 aromatic carbocycles. The second kappa shape index (κ2) is 5.87. The Balaban J connectivity index is 2.32. The molecule has 0 spiro atoms. The lowest BCUT2D eigenvalue weighted by atomic mass is 10.1. The molecular formula is C13H14ClN3O2S. The van der Waals surface area contributed by atoms with E-state index in [4.69, 9.17) is 11.6 Å². The van der Waals surface area contributed by atoms with Crippen LogP contribution in [-0.2, 0) is 10.0 Å². The minimum Gasteiger partial charge on any atom is -0.265 e. The van der Waals surface area contributed by atoms with Crippen LogP contribution < -0.4 is 0 Å². The van der Waals surface area contributed by atoms with Crippen molar-refractivity contribution in [2.75, 3.05) is 7.05 Å². The van der Waals surface area contributed by atoms with Gasteiger partial charge in [0.25, 0.3) is 0 Å². The Bertz CT molecular complexity index is 675. The summed E-state index contributed by atoms with van der Waals surface area (Å²) in [7, 11) is -2.07.